The van der Waals surface area contributed by atoms with Crippen molar-refractivity contribution in [3.05, 3.63) is 59.2 Å². The van der Waals surface area contributed by atoms with Crippen LogP contribution < -0.4 is 4.74 Å². The predicted molar refractivity (Wildman–Crippen MR) is 68.4 cm³/mol. The molecule has 1 N–H and O–H groups in total. The molecular weight excluding hydrogens is 212 g/mol. The first-order valence-corrected chi connectivity index (χ1v) is 5.64. The van der Waals surface area contributed by atoms with Crippen molar-refractivity contribution in [1.29, 1.82) is 0 Å². The van der Waals surface area contributed by atoms with Crippen LogP contribution in [-0.4, -0.2) is 5.11 Å². The summed E-state index contributed by atoms with van der Waals surface area (Å²) in [6.45, 7) is 4.73. The standard InChI is InChI=1S/C15H16O2/c1-11-4-3-5-12(2)15(11)10-17-14-8-6-13(16)7-9-14/h3-9,16H,10H2,1-2H3. The van der Waals surface area contributed by atoms with Crippen LogP contribution in [0.15, 0.2) is 42.5 Å². The van der Waals surface area contributed by atoms with Gasteiger partial charge in [-0.15, -0.1) is 0 Å². The molecule has 2 nitrogen and oxygen atoms in total. The number of benzene rings is 2. The maximum absolute atomic E-state index is 9.17. The largest absolute Gasteiger partial charge is 0.508 e. The molecule has 2 aromatic rings. The van der Waals surface area contributed by atoms with E-state index in [0.29, 0.717) is 6.61 Å². The number of hydrogen-bond donors (Lipinski definition) is 1. The Hall–Kier alpha value is -1.96. The molecule has 0 bridgehead atoms. The molecule has 0 saturated heterocycles. The first-order valence-electron chi connectivity index (χ1n) is 5.64. The SMILES string of the molecule is Cc1cccc(C)c1COc1ccc(O)cc1. The summed E-state index contributed by atoms with van der Waals surface area (Å²) in [6.07, 6.45) is 0. The monoisotopic (exact) mass is 228 g/mol. The summed E-state index contributed by atoms with van der Waals surface area (Å²) in [5.74, 6) is 1.02. The molecule has 0 atom stereocenters. The molecule has 0 amide bonds. The predicted octanol–water partition coefficient (Wildman–Crippen LogP) is 3.59. The van der Waals surface area contributed by atoms with Crippen molar-refractivity contribution >= 4 is 0 Å². The Labute approximate surface area is 101 Å². The van der Waals surface area contributed by atoms with Gasteiger partial charge in [0.15, 0.2) is 0 Å². The van der Waals surface area contributed by atoms with Crippen LogP contribution in [-0.2, 0) is 6.61 Å². The van der Waals surface area contributed by atoms with Crippen molar-refractivity contribution in [3.63, 3.8) is 0 Å². The van der Waals surface area contributed by atoms with Gasteiger partial charge in [0.1, 0.15) is 18.1 Å². The van der Waals surface area contributed by atoms with Gasteiger partial charge in [0, 0.05) is 0 Å². The van der Waals surface area contributed by atoms with Crippen molar-refractivity contribution in [2.75, 3.05) is 0 Å². The minimum Gasteiger partial charge on any atom is -0.508 e. The molecule has 0 spiro atoms. The molecule has 0 fully saturated rings. The van der Waals surface area contributed by atoms with E-state index in [4.69, 9.17) is 4.74 Å². The van der Waals surface area contributed by atoms with Crippen LogP contribution >= 0.6 is 0 Å². The second-order valence-corrected chi connectivity index (χ2v) is 4.15. The Morgan fingerprint density at radius 2 is 1.53 bits per heavy atom. The molecule has 0 aliphatic carbocycles. The Balaban J connectivity index is 2.10. The average Bonchev–Trinajstić information content (AvgIpc) is 2.31. The van der Waals surface area contributed by atoms with Gasteiger partial charge in [-0.05, 0) is 54.8 Å². The van der Waals surface area contributed by atoms with Gasteiger partial charge >= 0.3 is 0 Å². The Bertz CT molecular complexity index is 481. The second-order valence-electron chi connectivity index (χ2n) is 4.15. The third-order valence-corrected chi connectivity index (χ3v) is 2.86. The smallest absolute Gasteiger partial charge is 0.120 e. The van der Waals surface area contributed by atoms with Crippen molar-refractivity contribution in [3.8, 4) is 11.5 Å². The molecule has 0 aromatic heterocycles. The van der Waals surface area contributed by atoms with E-state index in [1.807, 2.05) is 0 Å². The number of phenolic OH excluding ortho intramolecular Hbond substituents is 1. The van der Waals surface area contributed by atoms with E-state index in [9.17, 15) is 5.11 Å². The molecule has 0 saturated carbocycles. The van der Waals surface area contributed by atoms with Gasteiger partial charge in [-0.2, -0.15) is 0 Å². The highest BCUT2D eigenvalue weighted by atomic mass is 16.5. The maximum Gasteiger partial charge on any atom is 0.120 e. The highest BCUT2D eigenvalue weighted by Crippen LogP contribution is 2.19. The third kappa shape index (κ3) is 2.78. The van der Waals surface area contributed by atoms with Crippen LogP contribution in [0.4, 0.5) is 0 Å². The first kappa shape index (κ1) is 11.5. The molecule has 0 heterocycles. The summed E-state index contributed by atoms with van der Waals surface area (Å²) in [5.41, 5.74) is 3.70. The minimum atomic E-state index is 0.254. The number of hydrogen-bond acceptors (Lipinski definition) is 2. The van der Waals surface area contributed by atoms with Crippen molar-refractivity contribution in [1.82, 2.24) is 0 Å². The van der Waals surface area contributed by atoms with E-state index in [-0.39, 0.29) is 5.75 Å². The van der Waals surface area contributed by atoms with Gasteiger partial charge in [-0.3, -0.25) is 0 Å². The van der Waals surface area contributed by atoms with Crippen molar-refractivity contribution in [2.45, 2.75) is 20.5 Å². The normalized spacial score (nSPS) is 10.2. The Kier molecular flexibility index (Phi) is 3.33. The molecule has 0 aliphatic heterocycles. The summed E-state index contributed by atoms with van der Waals surface area (Å²) in [5, 5.41) is 9.17. The molecule has 0 aliphatic rings. The molecule has 2 rings (SSSR count). The molecule has 0 radical (unpaired) electrons. The zero-order chi connectivity index (χ0) is 12.3. The number of ether oxygens (including phenoxy) is 1. The fourth-order valence-corrected chi connectivity index (χ4v) is 1.77. The van der Waals surface area contributed by atoms with Gasteiger partial charge in [-0.25, -0.2) is 0 Å². The quantitative estimate of drug-likeness (QED) is 0.870. The first-order chi connectivity index (χ1) is 8.16. The fourth-order valence-electron chi connectivity index (χ4n) is 1.77. The van der Waals surface area contributed by atoms with Gasteiger partial charge in [0.05, 0.1) is 0 Å². The number of rotatable bonds is 3. The highest BCUT2D eigenvalue weighted by molar-refractivity contribution is 5.34. The summed E-state index contributed by atoms with van der Waals surface area (Å²) in [6, 6.07) is 13.0. The molecule has 2 aromatic carbocycles. The van der Waals surface area contributed by atoms with Crippen LogP contribution in [0.3, 0.4) is 0 Å². The van der Waals surface area contributed by atoms with Crippen LogP contribution in [0.1, 0.15) is 16.7 Å². The summed E-state index contributed by atoms with van der Waals surface area (Å²) < 4.78 is 5.70. The lowest BCUT2D eigenvalue weighted by atomic mass is 10.0. The second kappa shape index (κ2) is 4.91. The van der Waals surface area contributed by atoms with E-state index < -0.39 is 0 Å². The van der Waals surface area contributed by atoms with Crippen LogP contribution in [0.2, 0.25) is 0 Å². The molecule has 88 valence electrons. The van der Waals surface area contributed by atoms with E-state index in [1.165, 1.54) is 16.7 Å². The van der Waals surface area contributed by atoms with E-state index in [1.54, 1.807) is 24.3 Å². The van der Waals surface area contributed by atoms with Gasteiger partial charge in [0.25, 0.3) is 0 Å². The Morgan fingerprint density at radius 1 is 0.941 bits per heavy atom. The average molecular weight is 228 g/mol. The Morgan fingerprint density at radius 3 is 2.12 bits per heavy atom. The number of aryl methyl sites for hydroxylation is 2. The van der Waals surface area contributed by atoms with Gasteiger partial charge < -0.3 is 9.84 Å². The van der Waals surface area contributed by atoms with E-state index in [2.05, 4.69) is 32.0 Å². The highest BCUT2D eigenvalue weighted by Gasteiger charge is 2.03. The summed E-state index contributed by atoms with van der Waals surface area (Å²) in [7, 11) is 0. The van der Waals surface area contributed by atoms with Crippen LogP contribution in [0, 0.1) is 13.8 Å². The lowest BCUT2D eigenvalue weighted by Gasteiger charge is -2.11. The lowest BCUT2D eigenvalue weighted by molar-refractivity contribution is 0.304. The van der Waals surface area contributed by atoms with E-state index >= 15 is 0 Å². The minimum absolute atomic E-state index is 0.254. The topological polar surface area (TPSA) is 29.5 Å². The number of phenols is 1. The van der Waals surface area contributed by atoms with E-state index in [0.717, 1.165) is 5.75 Å². The summed E-state index contributed by atoms with van der Waals surface area (Å²) in [4.78, 5) is 0. The third-order valence-electron chi connectivity index (χ3n) is 2.86. The maximum atomic E-state index is 9.17. The van der Waals surface area contributed by atoms with Crippen molar-refractivity contribution < 1.29 is 9.84 Å². The molecule has 0 unspecified atom stereocenters. The van der Waals surface area contributed by atoms with Crippen LogP contribution in [0.25, 0.3) is 0 Å². The number of aromatic hydroxyl groups is 1. The molecular formula is C15H16O2. The zero-order valence-electron chi connectivity index (χ0n) is 10.1. The van der Waals surface area contributed by atoms with Gasteiger partial charge in [-0.1, -0.05) is 18.2 Å². The zero-order valence-corrected chi connectivity index (χ0v) is 10.1. The van der Waals surface area contributed by atoms with Gasteiger partial charge in [0.2, 0.25) is 0 Å². The van der Waals surface area contributed by atoms with Crippen LogP contribution in [0.5, 0.6) is 11.5 Å². The molecule has 17 heavy (non-hydrogen) atoms. The fraction of sp³-hybridized carbons (Fsp3) is 0.200. The summed E-state index contributed by atoms with van der Waals surface area (Å²) >= 11 is 0. The molecule has 2 heteroatoms. The lowest BCUT2D eigenvalue weighted by Crippen LogP contribution is -2.00. The van der Waals surface area contributed by atoms with Crippen molar-refractivity contribution in [2.24, 2.45) is 0 Å².